The Kier molecular flexibility index (Phi) is 3.99. The van der Waals surface area contributed by atoms with Gasteiger partial charge in [-0.1, -0.05) is 0 Å². The third-order valence-electron chi connectivity index (χ3n) is 2.11. The van der Waals surface area contributed by atoms with E-state index in [1.165, 1.54) is 6.33 Å². The Balaban J connectivity index is 2.18. The molecule has 2 aromatic rings. The lowest BCUT2D eigenvalue weighted by atomic mass is 10.3. The molecule has 1 N–H and O–H groups in total. The molecule has 0 spiro atoms. The highest BCUT2D eigenvalue weighted by Crippen LogP contribution is 2.25. The highest BCUT2D eigenvalue weighted by Gasteiger charge is 2.07. The minimum atomic E-state index is -0.286. The van der Waals surface area contributed by atoms with E-state index >= 15 is 0 Å². The van der Waals surface area contributed by atoms with E-state index in [4.69, 9.17) is 9.47 Å². The van der Waals surface area contributed by atoms with Gasteiger partial charge >= 0.3 is 0 Å². The Morgan fingerprint density at radius 1 is 1.28 bits per heavy atom. The summed E-state index contributed by atoms with van der Waals surface area (Å²) >= 11 is 3.12. The molecule has 0 aliphatic carbocycles. The summed E-state index contributed by atoms with van der Waals surface area (Å²) in [7, 11) is 0. The predicted octanol–water partition coefficient (Wildman–Crippen LogP) is 2.72. The number of aromatic amines is 1. The summed E-state index contributed by atoms with van der Waals surface area (Å²) in [5.74, 6) is 1.57. The number of halogens is 1. The maximum atomic E-state index is 11.3. The third kappa shape index (κ3) is 2.89. The van der Waals surface area contributed by atoms with Crippen LogP contribution >= 0.6 is 15.9 Å². The van der Waals surface area contributed by atoms with Crippen molar-refractivity contribution in [2.75, 3.05) is 6.61 Å². The molecule has 0 saturated heterocycles. The van der Waals surface area contributed by atoms with Crippen LogP contribution in [0, 0.1) is 0 Å². The molecule has 5 nitrogen and oxygen atoms in total. The van der Waals surface area contributed by atoms with Crippen LogP contribution in [-0.2, 0) is 0 Å². The molecule has 1 aromatic carbocycles. The van der Waals surface area contributed by atoms with Crippen molar-refractivity contribution in [3.05, 3.63) is 45.4 Å². The summed E-state index contributed by atoms with van der Waals surface area (Å²) in [5.41, 5.74) is -0.286. The van der Waals surface area contributed by atoms with Crippen molar-refractivity contribution in [3.63, 3.8) is 0 Å². The number of hydrogen-bond donors (Lipinski definition) is 1. The lowest BCUT2D eigenvalue weighted by Gasteiger charge is -2.07. The van der Waals surface area contributed by atoms with Crippen LogP contribution in [0.1, 0.15) is 6.92 Å². The summed E-state index contributed by atoms with van der Waals surface area (Å²) in [6.07, 6.45) is 1.29. The van der Waals surface area contributed by atoms with Gasteiger partial charge in [-0.2, -0.15) is 0 Å². The monoisotopic (exact) mass is 310 g/mol. The summed E-state index contributed by atoms with van der Waals surface area (Å²) < 4.78 is 11.1. The molecular weight excluding hydrogens is 300 g/mol. The van der Waals surface area contributed by atoms with E-state index in [1.54, 1.807) is 24.3 Å². The fourth-order valence-corrected chi connectivity index (χ4v) is 1.62. The van der Waals surface area contributed by atoms with E-state index < -0.39 is 0 Å². The SMILES string of the molecule is CCOc1ccc(Oc2nc[nH]c(=O)c2Br)cc1. The quantitative estimate of drug-likeness (QED) is 0.943. The van der Waals surface area contributed by atoms with Gasteiger partial charge in [0.15, 0.2) is 0 Å². The van der Waals surface area contributed by atoms with E-state index in [-0.39, 0.29) is 15.9 Å². The minimum Gasteiger partial charge on any atom is -0.494 e. The molecule has 1 aromatic heterocycles. The van der Waals surface area contributed by atoms with E-state index in [2.05, 4.69) is 25.9 Å². The summed E-state index contributed by atoms with van der Waals surface area (Å²) in [4.78, 5) is 17.7. The number of rotatable bonds is 4. The molecule has 6 heteroatoms. The van der Waals surface area contributed by atoms with Crippen LogP contribution in [0.3, 0.4) is 0 Å². The van der Waals surface area contributed by atoms with Gasteiger partial charge in [-0.05, 0) is 47.1 Å². The Hall–Kier alpha value is -1.82. The fraction of sp³-hybridized carbons (Fsp3) is 0.167. The lowest BCUT2D eigenvalue weighted by molar-refractivity contribution is 0.339. The van der Waals surface area contributed by atoms with Crippen molar-refractivity contribution >= 4 is 15.9 Å². The first kappa shape index (κ1) is 12.6. The van der Waals surface area contributed by atoms with Gasteiger partial charge in [0.05, 0.1) is 12.9 Å². The minimum absolute atomic E-state index is 0.225. The first-order valence-electron chi connectivity index (χ1n) is 5.34. The van der Waals surface area contributed by atoms with Gasteiger partial charge in [0.25, 0.3) is 5.56 Å². The molecule has 0 aliphatic rings. The number of nitrogens with zero attached hydrogens (tertiary/aromatic N) is 1. The molecule has 0 saturated carbocycles. The van der Waals surface area contributed by atoms with Gasteiger partial charge in [-0.25, -0.2) is 4.98 Å². The van der Waals surface area contributed by atoms with Crippen molar-refractivity contribution in [3.8, 4) is 17.4 Å². The Morgan fingerprint density at radius 2 is 1.94 bits per heavy atom. The first-order valence-corrected chi connectivity index (χ1v) is 6.14. The van der Waals surface area contributed by atoms with Crippen molar-refractivity contribution in [1.29, 1.82) is 0 Å². The average molecular weight is 311 g/mol. The highest BCUT2D eigenvalue weighted by molar-refractivity contribution is 9.10. The number of nitrogens with one attached hydrogen (secondary N) is 1. The van der Waals surface area contributed by atoms with Crippen LogP contribution in [0.2, 0.25) is 0 Å². The van der Waals surface area contributed by atoms with Crippen LogP contribution < -0.4 is 15.0 Å². The molecule has 0 atom stereocenters. The van der Waals surface area contributed by atoms with E-state index in [0.29, 0.717) is 12.4 Å². The molecule has 1 heterocycles. The molecule has 94 valence electrons. The Bertz CT molecular complexity index is 581. The fourth-order valence-electron chi connectivity index (χ4n) is 1.32. The second-order valence-corrected chi connectivity index (χ2v) is 4.15. The topological polar surface area (TPSA) is 64.2 Å². The Morgan fingerprint density at radius 3 is 2.61 bits per heavy atom. The van der Waals surface area contributed by atoms with Crippen molar-refractivity contribution in [1.82, 2.24) is 9.97 Å². The van der Waals surface area contributed by atoms with Crippen LogP contribution in [0.4, 0.5) is 0 Å². The molecule has 2 rings (SSSR count). The molecule has 0 bridgehead atoms. The normalized spacial score (nSPS) is 10.1. The lowest BCUT2D eigenvalue weighted by Crippen LogP contribution is -2.08. The number of aromatic nitrogens is 2. The molecule has 18 heavy (non-hydrogen) atoms. The molecule has 0 unspecified atom stereocenters. The molecular formula is C12H11BrN2O3. The number of H-pyrrole nitrogens is 1. The summed E-state index contributed by atoms with van der Waals surface area (Å²) in [5, 5.41) is 0. The molecule has 0 aliphatic heterocycles. The highest BCUT2D eigenvalue weighted by atomic mass is 79.9. The van der Waals surface area contributed by atoms with Gasteiger partial charge in [0.1, 0.15) is 16.0 Å². The van der Waals surface area contributed by atoms with Gasteiger partial charge in [-0.3, -0.25) is 4.79 Å². The van der Waals surface area contributed by atoms with Crippen molar-refractivity contribution in [2.24, 2.45) is 0 Å². The second-order valence-electron chi connectivity index (χ2n) is 3.36. The van der Waals surface area contributed by atoms with Crippen LogP contribution in [0.25, 0.3) is 0 Å². The van der Waals surface area contributed by atoms with E-state index in [1.807, 2.05) is 6.92 Å². The van der Waals surface area contributed by atoms with Gasteiger partial charge in [-0.15, -0.1) is 0 Å². The van der Waals surface area contributed by atoms with Crippen molar-refractivity contribution < 1.29 is 9.47 Å². The summed E-state index contributed by atoms with van der Waals surface area (Å²) in [6, 6.07) is 7.08. The second kappa shape index (κ2) is 5.68. The number of benzene rings is 1. The average Bonchev–Trinajstić information content (AvgIpc) is 2.38. The third-order valence-corrected chi connectivity index (χ3v) is 2.81. The van der Waals surface area contributed by atoms with Crippen LogP contribution in [-0.4, -0.2) is 16.6 Å². The van der Waals surface area contributed by atoms with Crippen LogP contribution in [0.15, 0.2) is 39.9 Å². The van der Waals surface area contributed by atoms with Gasteiger partial charge < -0.3 is 14.5 Å². The molecule has 0 radical (unpaired) electrons. The van der Waals surface area contributed by atoms with Gasteiger partial charge in [0, 0.05) is 0 Å². The largest absolute Gasteiger partial charge is 0.494 e. The molecule has 0 fully saturated rings. The zero-order valence-corrected chi connectivity index (χ0v) is 11.2. The summed E-state index contributed by atoms with van der Waals surface area (Å²) in [6.45, 7) is 2.53. The Labute approximate surface area is 112 Å². The zero-order chi connectivity index (χ0) is 13.0. The predicted molar refractivity (Wildman–Crippen MR) is 70.2 cm³/mol. The standard InChI is InChI=1S/C12H11BrN2O3/c1-2-17-8-3-5-9(6-4-8)18-12-10(13)11(16)14-7-15-12/h3-7H,2H2,1H3,(H,14,15,16). The van der Waals surface area contributed by atoms with Gasteiger partial charge in [0.2, 0.25) is 5.88 Å². The first-order chi connectivity index (χ1) is 8.70. The van der Waals surface area contributed by atoms with E-state index in [0.717, 1.165) is 5.75 Å². The maximum absolute atomic E-state index is 11.3. The van der Waals surface area contributed by atoms with Crippen LogP contribution in [0.5, 0.6) is 17.4 Å². The molecule has 0 amide bonds. The van der Waals surface area contributed by atoms with Crippen molar-refractivity contribution in [2.45, 2.75) is 6.92 Å². The smallest absolute Gasteiger partial charge is 0.268 e. The number of ether oxygens (including phenoxy) is 2. The maximum Gasteiger partial charge on any atom is 0.268 e. The number of hydrogen-bond acceptors (Lipinski definition) is 4. The van der Waals surface area contributed by atoms with E-state index in [9.17, 15) is 4.79 Å². The zero-order valence-electron chi connectivity index (χ0n) is 9.64.